The number of carbonyl (C=O) groups is 1. The molecule has 0 radical (unpaired) electrons. The number of aliphatic carboxylic acids is 1. The van der Waals surface area contributed by atoms with Crippen LogP contribution in [0.2, 0.25) is 0 Å². The van der Waals surface area contributed by atoms with Gasteiger partial charge in [0.1, 0.15) is 18.3 Å². The van der Waals surface area contributed by atoms with Crippen LogP contribution in [0.4, 0.5) is 0 Å². The molecule has 1 aliphatic heterocycles. The number of fused-ring (bicyclic) bond motifs is 7. The Morgan fingerprint density at radius 1 is 0.930 bits per heavy atom. The maximum Gasteiger partial charge on any atom is 0.310 e. The molecule has 5 aliphatic carbocycles. The second-order valence-electron chi connectivity index (χ2n) is 17.3. The highest BCUT2D eigenvalue weighted by molar-refractivity contribution is 5.76. The zero-order valence-corrected chi connectivity index (χ0v) is 27.1. The molecule has 244 valence electrons. The van der Waals surface area contributed by atoms with E-state index < -0.39 is 41.4 Å². The van der Waals surface area contributed by atoms with Crippen molar-refractivity contribution in [1.29, 1.82) is 0 Å². The molecule has 1 saturated heterocycles. The summed E-state index contributed by atoms with van der Waals surface area (Å²) in [6, 6.07) is 0. The minimum Gasteiger partial charge on any atom is -0.481 e. The van der Waals surface area contributed by atoms with Crippen LogP contribution < -0.4 is 0 Å². The van der Waals surface area contributed by atoms with Crippen molar-refractivity contribution < 1.29 is 39.8 Å². The lowest BCUT2D eigenvalue weighted by molar-refractivity contribution is -0.312. The van der Waals surface area contributed by atoms with Crippen molar-refractivity contribution in [3.05, 3.63) is 11.6 Å². The Kier molecular flexibility index (Phi) is 7.60. The van der Waals surface area contributed by atoms with E-state index in [4.69, 9.17) is 9.47 Å². The normalized spacial score (nSPS) is 54.3. The van der Waals surface area contributed by atoms with E-state index in [0.717, 1.165) is 57.8 Å². The number of carboxylic acid groups (broad SMARTS) is 1. The van der Waals surface area contributed by atoms with E-state index in [0.29, 0.717) is 12.3 Å². The Bertz CT molecular complexity index is 1150. The Morgan fingerprint density at radius 2 is 1.63 bits per heavy atom. The molecule has 6 rings (SSSR count). The van der Waals surface area contributed by atoms with Crippen molar-refractivity contribution in [3.8, 4) is 0 Å². The van der Waals surface area contributed by atoms with Crippen molar-refractivity contribution in [1.82, 2.24) is 0 Å². The number of hydrogen-bond donors (Lipinski definition) is 5. The number of aliphatic hydroxyl groups is 4. The summed E-state index contributed by atoms with van der Waals surface area (Å²) in [6.45, 7) is 13.9. The van der Waals surface area contributed by atoms with Gasteiger partial charge in [-0.15, -0.1) is 0 Å². The first-order valence-electron chi connectivity index (χ1n) is 16.9. The first-order chi connectivity index (χ1) is 20.0. The van der Waals surface area contributed by atoms with Gasteiger partial charge in [-0.3, -0.25) is 4.79 Å². The average Bonchev–Trinajstić information content (AvgIpc) is 2.94. The topological polar surface area (TPSA) is 137 Å². The Balaban J connectivity index is 1.32. The van der Waals surface area contributed by atoms with Gasteiger partial charge in [0.15, 0.2) is 6.29 Å². The minimum atomic E-state index is -1.36. The van der Waals surface area contributed by atoms with Crippen LogP contribution in [0.25, 0.3) is 0 Å². The summed E-state index contributed by atoms with van der Waals surface area (Å²) in [6.07, 6.45) is 6.03. The number of carboxylic acids is 1. The minimum absolute atomic E-state index is 0.0154. The van der Waals surface area contributed by atoms with Gasteiger partial charge in [0.25, 0.3) is 0 Å². The molecule has 0 bridgehead atoms. The number of allylic oxidation sites excluding steroid dienone is 2. The fraction of sp³-hybridized carbons (Fsp3) is 0.914. The molecule has 4 saturated carbocycles. The van der Waals surface area contributed by atoms with Gasteiger partial charge in [0.2, 0.25) is 0 Å². The average molecular weight is 605 g/mol. The molecular weight excluding hydrogens is 548 g/mol. The first-order valence-corrected chi connectivity index (χ1v) is 16.9. The third-order valence-electron chi connectivity index (χ3n) is 14.9. The monoisotopic (exact) mass is 604 g/mol. The summed E-state index contributed by atoms with van der Waals surface area (Å²) in [4.78, 5) is 12.9. The number of aliphatic hydroxyl groups excluding tert-OH is 4. The molecule has 6 aliphatic rings. The summed E-state index contributed by atoms with van der Waals surface area (Å²) < 4.78 is 12.0. The standard InChI is InChI=1S/C35H56O8/c1-30(2)13-15-35(29(40)41)16-14-33(5)20(21(35)17-30)7-8-24-31(3)11-10-25(43-28-27(39)26(38)22(37)18-42-28)32(4,19-36)23(31)9-12-34(24,33)6/h7,21-28,36-39H,8-19H2,1-6H3,(H,40,41)/t21-,22-,23+,24+,25-,26-,27?,28-,31-,32-,33+,34+,35-/m0/s1. The predicted molar refractivity (Wildman–Crippen MR) is 161 cm³/mol. The number of hydrogen-bond acceptors (Lipinski definition) is 7. The second kappa shape index (κ2) is 10.2. The van der Waals surface area contributed by atoms with Crippen molar-refractivity contribution >= 4 is 5.97 Å². The lowest BCUT2D eigenvalue weighted by Gasteiger charge is -2.71. The molecule has 5 fully saturated rings. The highest BCUT2D eigenvalue weighted by Gasteiger charge is 2.70. The van der Waals surface area contributed by atoms with E-state index >= 15 is 0 Å². The van der Waals surface area contributed by atoms with Crippen LogP contribution in [-0.4, -0.2) is 75.4 Å². The SMILES string of the molecule is CC1(C)CC[C@]2(C(=O)O)CC[C@]3(C)C(=CC[C@@H]4[C@@]5(C)CC[C@H](O[C@@H]6OC[C@H](O)[C@H](O)C6O)[C@@](C)(CO)[C@@H]5CC[C@]43C)[C@@H]2C1. The van der Waals surface area contributed by atoms with Crippen molar-refractivity contribution in [3.63, 3.8) is 0 Å². The van der Waals surface area contributed by atoms with Crippen LogP contribution in [0.15, 0.2) is 11.6 Å². The van der Waals surface area contributed by atoms with Crippen molar-refractivity contribution in [2.24, 2.45) is 50.2 Å². The maximum absolute atomic E-state index is 12.9. The summed E-state index contributed by atoms with van der Waals surface area (Å²) >= 11 is 0. The smallest absolute Gasteiger partial charge is 0.310 e. The second-order valence-corrected chi connectivity index (χ2v) is 17.3. The van der Waals surface area contributed by atoms with Gasteiger partial charge in [-0.2, -0.15) is 0 Å². The molecule has 1 unspecified atom stereocenters. The molecule has 5 N–H and O–H groups in total. The van der Waals surface area contributed by atoms with Gasteiger partial charge in [0.05, 0.1) is 24.7 Å². The first kappa shape index (κ1) is 31.9. The van der Waals surface area contributed by atoms with Gasteiger partial charge in [-0.1, -0.05) is 53.2 Å². The fourth-order valence-electron chi connectivity index (χ4n) is 11.9. The molecule has 0 aromatic rings. The van der Waals surface area contributed by atoms with Crippen molar-refractivity contribution in [2.45, 2.75) is 136 Å². The predicted octanol–water partition coefficient (Wildman–Crippen LogP) is 4.67. The van der Waals surface area contributed by atoms with E-state index in [9.17, 15) is 30.3 Å². The largest absolute Gasteiger partial charge is 0.481 e. The zero-order valence-electron chi connectivity index (χ0n) is 27.1. The maximum atomic E-state index is 12.9. The molecule has 13 atom stereocenters. The lowest BCUT2D eigenvalue weighted by atomic mass is 9.33. The van der Waals surface area contributed by atoms with Crippen LogP contribution >= 0.6 is 0 Å². The summed E-state index contributed by atoms with van der Waals surface area (Å²) in [5.41, 5.74) is 0.232. The third kappa shape index (κ3) is 4.32. The highest BCUT2D eigenvalue weighted by Crippen LogP contribution is 2.76. The molecule has 0 spiro atoms. The van der Waals surface area contributed by atoms with E-state index in [1.54, 1.807) is 0 Å². The molecule has 0 aromatic carbocycles. The molecular formula is C35H56O8. The van der Waals surface area contributed by atoms with Gasteiger partial charge in [0, 0.05) is 5.41 Å². The molecule has 0 amide bonds. The van der Waals surface area contributed by atoms with Crippen molar-refractivity contribution in [2.75, 3.05) is 13.2 Å². The van der Waals surface area contributed by atoms with Gasteiger partial charge < -0.3 is 35.0 Å². The molecule has 8 nitrogen and oxygen atoms in total. The zero-order chi connectivity index (χ0) is 31.4. The quantitative estimate of drug-likeness (QED) is 0.231. The van der Waals surface area contributed by atoms with Crippen LogP contribution in [0.3, 0.4) is 0 Å². The number of ether oxygens (including phenoxy) is 2. The van der Waals surface area contributed by atoms with Gasteiger partial charge in [-0.05, 0) is 104 Å². The summed E-state index contributed by atoms with van der Waals surface area (Å²) in [5, 5.41) is 52.3. The summed E-state index contributed by atoms with van der Waals surface area (Å²) in [5.74, 6) is 0.0529. The Hall–Kier alpha value is -1.03. The highest BCUT2D eigenvalue weighted by atomic mass is 16.7. The van der Waals surface area contributed by atoms with Crippen LogP contribution in [-0.2, 0) is 14.3 Å². The van der Waals surface area contributed by atoms with Crippen LogP contribution in [0, 0.1) is 50.2 Å². The fourth-order valence-corrected chi connectivity index (χ4v) is 11.9. The van der Waals surface area contributed by atoms with E-state index in [-0.39, 0.29) is 52.8 Å². The molecule has 0 aromatic heterocycles. The Labute approximate surface area is 257 Å². The van der Waals surface area contributed by atoms with E-state index in [1.807, 2.05) is 0 Å². The molecule has 1 heterocycles. The lowest BCUT2D eigenvalue weighted by Crippen LogP contribution is -2.66. The Morgan fingerprint density at radius 3 is 2.30 bits per heavy atom. The van der Waals surface area contributed by atoms with Crippen LogP contribution in [0.1, 0.15) is 106 Å². The van der Waals surface area contributed by atoms with Crippen LogP contribution in [0.5, 0.6) is 0 Å². The van der Waals surface area contributed by atoms with E-state index in [1.165, 1.54) is 5.57 Å². The van der Waals surface area contributed by atoms with Gasteiger partial charge >= 0.3 is 5.97 Å². The number of rotatable bonds is 4. The molecule has 43 heavy (non-hydrogen) atoms. The summed E-state index contributed by atoms with van der Waals surface area (Å²) in [7, 11) is 0. The molecule has 8 heteroatoms. The van der Waals surface area contributed by atoms with Gasteiger partial charge in [-0.25, -0.2) is 0 Å². The van der Waals surface area contributed by atoms with E-state index in [2.05, 4.69) is 47.6 Å². The third-order valence-corrected chi connectivity index (χ3v) is 14.9.